The zero-order chi connectivity index (χ0) is 16.0. The number of urea groups is 1. The van der Waals surface area contributed by atoms with Crippen molar-refractivity contribution in [1.29, 1.82) is 0 Å². The number of fused-ring (bicyclic) bond motifs is 1. The van der Waals surface area contributed by atoms with Gasteiger partial charge in [-0.15, -0.1) is 0 Å². The molecule has 23 heavy (non-hydrogen) atoms. The molecular formula is C16H13FN4O2. The Morgan fingerprint density at radius 2 is 1.65 bits per heavy atom. The van der Waals surface area contributed by atoms with Gasteiger partial charge in [-0.1, -0.05) is 12.1 Å². The average molecular weight is 312 g/mol. The minimum absolute atomic E-state index is 0.453. The van der Waals surface area contributed by atoms with E-state index in [-0.39, 0.29) is 0 Å². The first kappa shape index (κ1) is 13.8. The molecule has 3 heterocycles. The van der Waals surface area contributed by atoms with Crippen molar-refractivity contribution in [3.8, 4) is 0 Å². The Morgan fingerprint density at radius 1 is 1.00 bits per heavy atom. The Kier molecular flexibility index (Phi) is 2.90. The molecule has 0 spiro atoms. The summed E-state index contributed by atoms with van der Waals surface area (Å²) in [5, 5.41) is 4.53. The maximum Gasteiger partial charge on any atom is 0.321 e. The summed E-state index contributed by atoms with van der Waals surface area (Å²) >= 11 is 0. The van der Waals surface area contributed by atoms with E-state index < -0.39 is 35.5 Å². The Labute approximate surface area is 131 Å². The minimum atomic E-state index is -2.23. The molecule has 1 aliphatic heterocycles. The van der Waals surface area contributed by atoms with Crippen LogP contribution in [0.15, 0.2) is 48.8 Å². The number of aromatic nitrogens is 2. The topological polar surface area (TPSA) is 84.0 Å². The number of pyridine rings is 2. The van der Waals surface area contributed by atoms with Crippen LogP contribution in [0.4, 0.5) is 9.18 Å². The molecule has 2 aromatic heterocycles. The molecule has 1 saturated heterocycles. The maximum absolute atomic E-state index is 15.5. The molecule has 3 amide bonds. The lowest BCUT2D eigenvalue weighted by molar-refractivity contribution is -0.149. The molecule has 6 nitrogen and oxygen atoms in total. The van der Waals surface area contributed by atoms with Crippen LogP contribution >= 0.6 is 0 Å². The van der Waals surface area contributed by atoms with Gasteiger partial charge in [0.05, 0.1) is 12.0 Å². The highest BCUT2D eigenvalue weighted by Gasteiger charge is 2.71. The second kappa shape index (κ2) is 4.84. The maximum atomic E-state index is 15.5. The lowest BCUT2D eigenvalue weighted by Gasteiger charge is -2.56. The molecule has 4 rings (SSSR count). The van der Waals surface area contributed by atoms with Gasteiger partial charge in [0.15, 0.2) is 0 Å². The van der Waals surface area contributed by atoms with E-state index in [1.165, 1.54) is 0 Å². The minimum Gasteiger partial charge on any atom is -0.331 e. The van der Waals surface area contributed by atoms with Crippen molar-refractivity contribution in [1.82, 2.24) is 20.6 Å². The fourth-order valence-electron chi connectivity index (χ4n) is 3.52. The van der Waals surface area contributed by atoms with Gasteiger partial charge in [0.1, 0.15) is 0 Å². The molecule has 2 N–H and O–H groups in total. The molecule has 7 heteroatoms. The van der Waals surface area contributed by atoms with Crippen molar-refractivity contribution in [3.63, 3.8) is 0 Å². The summed E-state index contributed by atoms with van der Waals surface area (Å²) in [4.78, 5) is 32.2. The molecular weight excluding hydrogens is 299 g/mol. The number of alkyl halides is 1. The highest BCUT2D eigenvalue weighted by molar-refractivity contribution is 6.04. The smallest absolute Gasteiger partial charge is 0.321 e. The zero-order valence-electron chi connectivity index (χ0n) is 11.9. The van der Waals surface area contributed by atoms with E-state index in [9.17, 15) is 9.59 Å². The van der Waals surface area contributed by atoms with Gasteiger partial charge in [-0.2, -0.15) is 0 Å². The van der Waals surface area contributed by atoms with E-state index in [0.717, 1.165) is 0 Å². The highest BCUT2D eigenvalue weighted by Crippen LogP contribution is 2.58. The van der Waals surface area contributed by atoms with Gasteiger partial charge >= 0.3 is 6.03 Å². The van der Waals surface area contributed by atoms with Crippen molar-refractivity contribution in [2.75, 3.05) is 0 Å². The molecule has 2 aromatic rings. The first-order valence-corrected chi connectivity index (χ1v) is 7.25. The molecule has 0 bridgehead atoms. The highest BCUT2D eigenvalue weighted by atomic mass is 19.1. The van der Waals surface area contributed by atoms with E-state index in [1.54, 1.807) is 48.8 Å². The predicted molar refractivity (Wildman–Crippen MR) is 78.3 cm³/mol. The Hall–Kier alpha value is -2.83. The summed E-state index contributed by atoms with van der Waals surface area (Å²) < 4.78 is 15.5. The predicted octanol–water partition coefficient (Wildman–Crippen LogP) is 1.27. The number of nitrogens with zero attached hydrogens (tertiary/aromatic N) is 2. The zero-order valence-corrected chi connectivity index (χ0v) is 11.9. The van der Waals surface area contributed by atoms with Gasteiger partial charge in [0, 0.05) is 29.7 Å². The van der Waals surface area contributed by atoms with E-state index in [4.69, 9.17) is 0 Å². The number of imide groups is 1. The summed E-state index contributed by atoms with van der Waals surface area (Å²) in [7, 11) is 0. The third-order valence-corrected chi connectivity index (χ3v) is 4.52. The fraction of sp³-hybridized carbons (Fsp3) is 0.250. The van der Waals surface area contributed by atoms with Crippen LogP contribution in [-0.2, 0) is 4.79 Å². The first-order chi connectivity index (χ1) is 11.1. The number of carbonyl (C=O) groups excluding carboxylic acids is 2. The molecule has 1 aliphatic carbocycles. The normalized spacial score (nSPS) is 32.3. The van der Waals surface area contributed by atoms with Crippen LogP contribution in [0.5, 0.6) is 0 Å². The van der Waals surface area contributed by atoms with Crippen LogP contribution in [0, 0.1) is 0 Å². The van der Waals surface area contributed by atoms with Crippen LogP contribution in [0.3, 0.4) is 0 Å². The standard InChI is InChI=1S/C16H13FN4O2/c17-16-12(10-6-2-4-8-19-10)11(9-5-1-3-7-18-9)13(16)20-15(23)21-14(16)22/h1-8,11-13H,(H2,20,21,22,23). The number of rotatable bonds is 2. The monoisotopic (exact) mass is 312 g/mol. The molecule has 116 valence electrons. The molecule has 4 atom stereocenters. The largest absolute Gasteiger partial charge is 0.331 e. The van der Waals surface area contributed by atoms with Crippen molar-refractivity contribution in [2.45, 2.75) is 23.5 Å². The number of carbonyl (C=O) groups is 2. The lowest BCUT2D eigenvalue weighted by Crippen LogP contribution is -2.78. The molecule has 1 saturated carbocycles. The Bertz CT molecular complexity index is 770. The lowest BCUT2D eigenvalue weighted by atomic mass is 9.54. The first-order valence-electron chi connectivity index (χ1n) is 7.25. The molecule has 2 aliphatic rings. The summed E-state index contributed by atoms with van der Waals surface area (Å²) in [5.74, 6) is -2.18. The van der Waals surface area contributed by atoms with E-state index in [2.05, 4.69) is 15.3 Å². The average Bonchev–Trinajstić information content (AvgIpc) is 2.57. The molecule has 0 aromatic carbocycles. The van der Waals surface area contributed by atoms with E-state index in [0.29, 0.717) is 11.4 Å². The van der Waals surface area contributed by atoms with Crippen LogP contribution in [0.25, 0.3) is 0 Å². The van der Waals surface area contributed by atoms with Crippen molar-refractivity contribution >= 4 is 11.9 Å². The Morgan fingerprint density at radius 3 is 2.26 bits per heavy atom. The third kappa shape index (κ3) is 1.86. The number of halogens is 1. The van der Waals surface area contributed by atoms with Crippen LogP contribution in [0.2, 0.25) is 0 Å². The fourth-order valence-corrected chi connectivity index (χ4v) is 3.52. The van der Waals surface area contributed by atoms with E-state index >= 15 is 4.39 Å². The van der Waals surface area contributed by atoms with Gasteiger partial charge < -0.3 is 5.32 Å². The number of nitrogens with one attached hydrogen (secondary N) is 2. The SMILES string of the molecule is O=C1NC(=O)C2(F)C(N1)C(c1ccccn1)C2c1ccccn1. The van der Waals surface area contributed by atoms with Gasteiger partial charge in [-0.3, -0.25) is 20.1 Å². The van der Waals surface area contributed by atoms with Crippen LogP contribution < -0.4 is 10.6 Å². The third-order valence-electron chi connectivity index (χ3n) is 4.52. The van der Waals surface area contributed by atoms with E-state index in [1.807, 2.05) is 5.32 Å². The number of amides is 3. The van der Waals surface area contributed by atoms with Crippen molar-refractivity contribution in [3.05, 3.63) is 60.2 Å². The van der Waals surface area contributed by atoms with Gasteiger partial charge in [0.25, 0.3) is 5.91 Å². The van der Waals surface area contributed by atoms with Crippen molar-refractivity contribution in [2.24, 2.45) is 0 Å². The summed E-state index contributed by atoms with van der Waals surface area (Å²) in [6, 6.07) is 8.82. The van der Waals surface area contributed by atoms with Crippen LogP contribution in [0.1, 0.15) is 23.2 Å². The summed E-state index contributed by atoms with van der Waals surface area (Å²) in [5.41, 5.74) is -1.14. The number of hydrogen-bond acceptors (Lipinski definition) is 4. The second-order valence-corrected chi connectivity index (χ2v) is 5.69. The van der Waals surface area contributed by atoms with Gasteiger partial charge in [-0.25, -0.2) is 9.18 Å². The summed E-state index contributed by atoms with van der Waals surface area (Å²) in [6.45, 7) is 0. The molecule has 4 unspecified atom stereocenters. The van der Waals surface area contributed by atoms with Gasteiger partial charge in [-0.05, 0) is 24.3 Å². The summed E-state index contributed by atoms with van der Waals surface area (Å²) in [6.07, 6.45) is 3.16. The molecule has 0 radical (unpaired) electrons. The van der Waals surface area contributed by atoms with Crippen molar-refractivity contribution < 1.29 is 14.0 Å². The second-order valence-electron chi connectivity index (χ2n) is 5.69. The quantitative estimate of drug-likeness (QED) is 0.875. The van der Waals surface area contributed by atoms with Crippen LogP contribution in [-0.4, -0.2) is 33.6 Å². The van der Waals surface area contributed by atoms with Gasteiger partial charge in [0.2, 0.25) is 5.67 Å². The number of hydrogen-bond donors (Lipinski definition) is 2. The molecule has 2 fully saturated rings. The Balaban J connectivity index is 1.83.